The van der Waals surface area contributed by atoms with Crippen molar-refractivity contribution in [1.29, 1.82) is 0 Å². The zero-order valence-electron chi connectivity index (χ0n) is 12.4. The Balaban J connectivity index is 2.29. The number of aryl methyl sites for hydroxylation is 3. The molecule has 0 bridgehead atoms. The Morgan fingerprint density at radius 3 is 2.55 bits per heavy atom. The van der Waals surface area contributed by atoms with Crippen LogP contribution in [0, 0.1) is 20.8 Å². The zero-order valence-corrected chi connectivity index (χ0v) is 14.0. The van der Waals surface area contributed by atoms with Gasteiger partial charge >= 0.3 is 5.97 Å². The number of rotatable bonds is 5. The standard InChI is InChI=1S/C14H16N2O4S2/c1-8-4-5-11(14(17)18)6-13(8)22(19,20)15-7-12-9(2)21-10(3)16-12/h4-6,15H,7H2,1-3H3,(H,17,18). The minimum atomic E-state index is -3.80. The second kappa shape index (κ2) is 6.15. The van der Waals surface area contributed by atoms with Gasteiger partial charge < -0.3 is 5.11 Å². The Morgan fingerprint density at radius 2 is 2.00 bits per heavy atom. The van der Waals surface area contributed by atoms with Crippen LogP contribution in [0.15, 0.2) is 23.1 Å². The normalized spacial score (nSPS) is 11.6. The summed E-state index contributed by atoms with van der Waals surface area (Å²) in [4.78, 5) is 16.2. The molecule has 6 nitrogen and oxygen atoms in total. The number of hydrogen-bond acceptors (Lipinski definition) is 5. The molecule has 1 aromatic carbocycles. The molecule has 1 heterocycles. The fourth-order valence-electron chi connectivity index (χ4n) is 2.00. The molecule has 0 fully saturated rings. The van der Waals surface area contributed by atoms with Crippen molar-refractivity contribution in [2.24, 2.45) is 0 Å². The number of hydrogen-bond donors (Lipinski definition) is 2. The van der Waals surface area contributed by atoms with Crippen LogP contribution in [0.2, 0.25) is 0 Å². The van der Waals surface area contributed by atoms with E-state index in [-0.39, 0.29) is 17.0 Å². The van der Waals surface area contributed by atoms with Crippen LogP contribution in [0.1, 0.15) is 31.5 Å². The molecule has 0 aliphatic carbocycles. The predicted octanol–water partition coefficient (Wildman–Crippen LogP) is 2.25. The van der Waals surface area contributed by atoms with E-state index >= 15 is 0 Å². The van der Waals surface area contributed by atoms with E-state index in [0.717, 1.165) is 9.88 Å². The molecular weight excluding hydrogens is 324 g/mol. The van der Waals surface area contributed by atoms with E-state index in [1.807, 2.05) is 13.8 Å². The molecule has 2 N–H and O–H groups in total. The van der Waals surface area contributed by atoms with Crippen LogP contribution in [0.4, 0.5) is 0 Å². The maximum Gasteiger partial charge on any atom is 0.335 e. The van der Waals surface area contributed by atoms with Gasteiger partial charge in [0.25, 0.3) is 0 Å². The quantitative estimate of drug-likeness (QED) is 0.870. The highest BCUT2D eigenvalue weighted by Gasteiger charge is 2.19. The number of sulfonamides is 1. The van der Waals surface area contributed by atoms with Crippen molar-refractivity contribution in [3.63, 3.8) is 0 Å². The third-order valence-electron chi connectivity index (χ3n) is 3.15. The summed E-state index contributed by atoms with van der Waals surface area (Å²) in [6, 6.07) is 4.03. The SMILES string of the molecule is Cc1nc(CNS(=O)(=O)c2cc(C(=O)O)ccc2C)c(C)s1. The van der Waals surface area contributed by atoms with Gasteiger partial charge in [-0.15, -0.1) is 11.3 Å². The number of aromatic carboxylic acids is 1. The topological polar surface area (TPSA) is 96.4 Å². The van der Waals surface area contributed by atoms with E-state index < -0.39 is 16.0 Å². The highest BCUT2D eigenvalue weighted by atomic mass is 32.2. The molecule has 1 aromatic heterocycles. The van der Waals surface area contributed by atoms with Crippen molar-refractivity contribution in [3.8, 4) is 0 Å². The maximum atomic E-state index is 12.4. The first kappa shape index (κ1) is 16.6. The van der Waals surface area contributed by atoms with Crippen molar-refractivity contribution in [2.75, 3.05) is 0 Å². The molecule has 0 atom stereocenters. The summed E-state index contributed by atoms with van der Waals surface area (Å²) in [5, 5.41) is 9.86. The zero-order chi connectivity index (χ0) is 16.5. The summed E-state index contributed by atoms with van der Waals surface area (Å²) in [6.45, 7) is 5.44. The van der Waals surface area contributed by atoms with Gasteiger partial charge in [-0.05, 0) is 38.5 Å². The van der Waals surface area contributed by atoms with Gasteiger partial charge in [-0.2, -0.15) is 0 Å². The van der Waals surface area contributed by atoms with Crippen molar-refractivity contribution in [3.05, 3.63) is 44.9 Å². The monoisotopic (exact) mass is 340 g/mol. The smallest absolute Gasteiger partial charge is 0.335 e. The number of nitrogens with zero attached hydrogens (tertiary/aromatic N) is 1. The van der Waals surface area contributed by atoms with E-state index in [9.17, 15) is 13.2 Å². The summed E-state index contributed by atoms with van der Waals surface area (Å²) in [5.41, 5.74) is 1.11. The molecule has 2 aromatic rings. The maximum absolute atomic E-state index is 12.4. The molecule has 8 heteroatoms. The van der Waals surface area contributed by atoms with Crippen LogP contribution in [0.25, 0.3) is 0 Å². The number of carboxylic acids is 1. The fourth-order valence-corrected chi connectivity index (χ4v) is 4.09. The van der Waals surface area contributed by atoms with Crippen molar-refractivity contribution >= 4 is 27.3 Å². The number of thiazole rings is 1. The number of nitrogens with one attached hydrogen (secondary N) is 1. The highest BCUT2D eigenvalue weighted by molar-refractivity contribution is 7.89. The lowest BCUT2D eigenvalue weighted by Crippen LogP contribution is -2.24. The van der Waals surface area contributed by atoms with Gasteiger partial charge in [0.05, 0.1) is 27.7 Å². The first-order chi connectivity index (χ1) is 10.2. The minimum absolute atomic E-state index is 0.0306. The summed E-state index contributed by atoms with van der Waals surface area (Å²) in [6.07, 6.45) is 0. The average molecular weight is 340 g/mol. The van der Waals surface area contributed by atoms with Crippen LogP contribution >= 0.6 is 11.3 Å². The summed E-state index contributed by atoms with van der Waals surface area (Å²) < 4.78 is 27.3. The average Bonchev–Trinajstić information content (AvgIpc) is 2.75. The summed E-state index contributed by atoms with van der Waals surface area (Å²) >= 11 is 1.50. The number of carboxylic acid groups (broad SMARTS) is 1. The molecule has 0 unspecified atom stereocenters. The number of aromatic nitrogens is 1. The first-order valence-electron chi connectivity index (χ1n) is 6.47. The first-order valence-corrected chi connectivity index (χ1v) is 8.77. The second-order valence-corrected chi connectivity index (χ2v) is 7.99. The van der Waals surface area contributed by atoms with Gasteiger partial charge in [0, 0.05) is 4.88 Å². The van der Waals surface area contributed by atoms with Gasteiger partial charge in [0.15, 0.2) is 0 Å². The predicted molar refractivity (Wildman–Crippen MR) is 83.8 cm³/mol. The van der Waals surface area contributed by atoms with E-state index in [2.05, 4.69) is 9.71 Å². The largest absolute Gasteiger partial charge is 0.478 e. The van der Waals surface area contributed by atoms with Gasteiger partial charge in [-0.25, -0.2) is 22.9 Å². The minimum Gasteiger partial charge on any atom is -0.478 e. The molecule has 0 aliphatic rings. The molecule has 0 radical (unpaired) electrons. The molecule has 0 spiro atoms. The Labute approximate surface area is 132 Å². The van der Waals surface area contributed by atoms with Crippen LogP contribution in [0.5, 0.6) is 0 Å². The van der Waals surface area contributed by atoms with E-state index in [1.54, 1.807) is 6.92 Å². The molecule has 118 valence electrons. The fraction of sp³-hybridized carbons (Fsp3) is 0.286. The van der Waals surface area contributed by atoms with Crippen molar-refractivity contribution in [2.45, 2.75) is 32.2 Å². The van der Waals surface area contributed by atoms with Crippen LogP contribution in [0.3, 0.4) is 0 Å². The van der Waals surface area contributed by atoms with Gasteiger partial charge in [-0.3, -0.25) is 0 Å². The Hall–Kier alpha value is -1.77. The van der Waals surface area contributed by atoms with Gasteiger partial charge in [-0.1, -0.05) is 6.07 Å². The summed E-state index contributed by atoms with van der Waals surface area (Å²) in [7, 11) is -3.80. The van der Waals surface area contributed by atoms with Gasteiger partial charge in [0.2, 0.25) is 10.0 Å². The lowest BCUT2D eigenvalue weighted by molar-refractivity contribution is 0.0696. The molecule has 0 saturated heterocycles. The van der Waals surface area contributed by atoms with Crippen LogP contribution in [-0.4, -0.2) is 24.5 Å². The highest BCUT2D eigenvalue weighted by Crippen LogP contribution is 2.19. The van der Waals surface area contributed by atoms with E-state index in [4.69, 9.17) is 5.11 Å². The second-order valence-electron chi connectivity index (χ2n) is 4.85. The van der Waals surface area contributed by atoms with E-state index in [1.165, 1.54) is 29.5 Å². The summed E-state index contributed by atoms with van der Waals surface area (Å²) in [5.74, 6) is -1.16. The molecule has 0 amide bonds. The van der Waals surface area contributed by atoms with Crippen LogP contribution in [-0.2, 0) is 16.6 Å². The van der Waals surface area contributed by atoms with Crippen LogP contribution < -0.4 is 4.72 Å². The molecular formula is C14H16N2O4S2. The third-order valence-corrected chi connectivity index (χ3v) is 5.63. The lowest BCUT2D eigenvalue weighted by Gasteiger charge is -2.09. The lowest BCUT2D eigenvalue weighted by atomic mass is 10.1. The Bertz CT molecular complexity index is 825. The third kappa shape index (κ3) is 3.52. The number of carbonyl (C=O) groups is 1. The van der Waals surface area contributed by atoms with Crippen molar-refractivity contribution in [1.82, 2.24) is 9.71 Å². The van der Waals surface area contributed by atoms with Gasteiger partial charge in [0.1, 0.15) is 0 Å². The van der Waals surface area contributed by atoms with Crippen molar-refractivity contribution < 1.29 is 18.3 Å². The van der Waals surface area contributed by atoms with E-state index in [0.29, 0.717) is 11.3 Å². The molecule has 0 aliphatic heterocycles. The molecule has 0 saturated carbocycles. The molecule has 22 heavy (non-hydrogen) atoms. The number of benzene rings is 1. The molecule has 2 rings (SSSR count). The Morgan fingerprint density at radius 1 is 1.32 bits per heavy atom. The Kier molecular flexibility index (Phi) is 4.64.